The highest BCUT2D eigenvalue weighted by Crippen LogP contribution is 2.30. The van der Waals surface area contributed by atoms with Gasteiger partial charge in [-0.3, -0.25) is 0 Å². The molecule has 0 bridgehead atoms. The van der Waals surface area contributed by atoms with Crippen molar-refractivity contribution in [3.8, 4) is 5.75 Å². The number of rotatable bonds is 6. The van der Waals surface area contributed by atoms with E-state index in [1.54, 1.807) is 18.2 Å². The molecule has 0 saturated carbocycles. The third-order valence-corrected chi connectivity index (χ3v) is 2.68. The Morgan fingerprint density at radius 1 is 1.32 bits per heavy atom. The predicted octanol–water partition coefficient (Wildman–Crippen LogP) is 4.17. The van der Waals surface area contributed by atoms with Crippen LogP contribution in [0.1, 0.15) is 25.8 Å². The van der Waals surface area contributed by atoms with Crippen molar-refractivity contribution in [1.82, 2.24) is 5.32 Å². The summed E-state index contributed by atoms with van der Waals surface area (Å²) in [5.74, 6) is 0.321. The lowest BCUT2D eigenvalue weighted by atomic mass is 10.2. The molecule has 0 spiro atoms. The van der Waals surface area contributed by atoms with Gasteiger partial charge in [0.25, 0.3) is 0 Å². The first-order valence-electron chi connectivity index (χ1n) is 6.00. The molecule has 0 aliphatic rings. The third kappa shape index (κ3) is 6.16. The molecule has 0 aliphatic carbocycles. The molecule has 1 rings (SSSR count). The van der Waals surface area contributed by atoms with Crippen LogP contribution in [-0.2, 0) is 6.54 Å². The van der Waals surface area contributed by atoms with Crippen molar-refractivity contribution in [1.29, 1.82) is 0 Å². The van der Waals surface area contributed by atoms with Crippen molar-refractivity contribution in [2.75, 3.05) is 6.61 Å². The van der Waals surface area contributed by atoms with E-state index >= 15 is 0 Å². The molecule has 0 aromatic heterocycles. The second-order valence-corrected chi connectivity index (χ2v) is 4.88. The fourth-order valence-electron chi connectivity index (χ4n) is 1.44. The summed E-state index contributed by atoms with van der Waals surface area (Å²) in [5.41, 5.74) is 0.753. The average Bonchev–Trinajstić information content (AvgIpc) is 2.27. The number of halogens is 4. The number of benzene rings is 1. The standard InChI is InChI=1S/C13H17ClF3NO/c1-9(2)18-8-10-4-3-5-11(14)12(10)19-7-6-13(15,16)17/h3-5,9,18H,6-8H2,1-2H3. The zero-order valence-electron chi connectivity index (χ0n) is 10.9. The van der Waals surface area contributed by atoms with Gasteiger partial charge in [-0.1, -0.05) is 37.6 Å². The summed E-state index contributed by atoms with van der Waals surface area (Å²) in [6.07, 6.45) is -5.22. The van der Waals surface area contributed by atoms with Crippen molar-refractivity contribution in [3.05, 3.63) is 28.8 Å². The zero-order chi connectivity index (χ0) is 14.5. The number of alkyl halides is 3. The van der Waals surface area contributed by atoms with E-state index in [1.165, 1.54) is 0 Å². The normalized spacial score (nSPS) is 11.9. The Bertz CT molecular complexity index is 407. The summed E-state index contributed by atoms with van der Waals surface area (Å²) < 4.78 is 41.4. The molecule has 1 N–H and O–H groups in total. The highest BCUT2D eigenvalue weighted by atomic mass is 35.5. The van der Waals surface area contributed by atoms with E-state index in [1.807, 2.05) is 13.8 Å². The summed E-state index contributed by atoms with van der Waals surface area (Å²) in [6.45, 7) is 4.03. The zero-order valence-corrected chi connectivity index (χ0v) is 11.6. The Morgan fingerprint density at radius 2 is 2.00 bits per heavy atom. The van der Waals surface area contributed by atoms with E-state index in [-0.39, 0.29) is 6.04 Å². The second-order valence-electron chi connectivity index (χ2n) is 4.48. The molecule has 0 unspecified atom stereocenters. The van der Waals surface area contributed by atoms with E-state index in [2.05, 4.69) is 5.32 Å². The molecule has 0 radical (unpaired) electrons. The lowest BCUT2D eigenvalue weighted by molar-refractivity contribution is -0.139. The van der Waals surface area contributed by atoms with Gasteiger partial charge in [-0.05, 0) is 6.07 Å². The van der Waals surface area contributed by atoms with Gasteiger partial charge in [-0.15, -0.1) is 0 Å². The molecule has 19 heavy (non-hydrogen) atoms. The predicted molar refractivity (Wildman–Crippen MR) is 69.6 cm³/mol. The first-order valence-corrected chi connectivity index (χ1v) is 6.37. The molecule has 6 heteroatoms. The fraction of sp³-hybridized carbons (Fsp3) is 0.538. The van der Waals surface area contributed by atoms with Gasteiger partial charge in [-0.2, -0.15) is 13.2 Å². The average molecular weight is 296 g/mol. The Balaban J connectivity index is 2.69. The molecule has 2 nitrogen and oxygen atoms in total. The van der Waals surface area contributed by atoms with Crippen molar-refractivity contribution in [2.24, 2.45) is 0 Å². The molecule has 0 amide bonds. The fourth-order valence-corrected chi connectivity index (χ4v) is 1.69. The first-order chi connectivity index (χ1) is 8.79. The SMILES string of the molecule is CC(C)NCc1cccc(Cl)c1OCCC(F)(F)F. The largest absolute Gasteiger partial charge is 0.491 e. The number of para-hydroxylation sites is 1. The Labute approximate surface area is 115 Å². The van der Waals surface area contributed by atoms with Gasteiger partial charge < -0.3 is 10.1 Å². The number of hydrogen-bond donors (Lipinski definition) is 1. The van der Waals surface area contributed by atoms with Crippen LogP contribution in [0.3, 0.4) is 0 Å². The van der Waals surface area contributed by atoms with E-state index < -0.39 is 19.2 Å². The van der Waals surface area contributed by atoms with Gasteiger partial charge in [0.05, 0.1) is 18.1 Å². The Kier molecular flexibility index (Phi) is 5.94. The van der Waals surface area contributed by atoms with Crippen LogP contribution in [0.2, 0.25) is 5.02 Å². The van der Waals surface area contributed by atoms with Crippen LogP contribution in [0.15, 0.2) is 18.2 Å². The van der Waals surface area contributed by atoms with Crippen LogP contribution in [-0.4, -0.2) is 18.8 Å². The number of nitrogens with one attached hydrogen (secondary N) is 1. The van der Waals surface area contributed by atoms with E-state index in [0.29, 0.717) is 17.3 Å². The molecular formula is C13H17ClF3NO. The van der Waals surface area contributed by atoms with Crippen LogP contribution in [0.4, 0.5) is 13.2 Å². The maximum absolute atomic E-state index is 12.1. The summed E-state index contributed by atoms with van der Waals surface area (Å²) in [5, 5.41) is 3.50. The van der Waals surface area contributed by atoms with E-state index in [0.717, 1.165) is 5.56 Å². The smallest absolute Gasteiger partial charge is 0.392 e. The van der Waals surface area contributed by atoms with Crippen LogP contribution < -0.4 is 10.1 Å². The molecule has 1 aromatic rings. The second kappa shape index (κ2) is 7.01. The van der Waals surface area contributed by atoms with Crippen molar-refractivity contribution >= 4 is 11.6 Å². The lowest BCUT2D eigenvalue weighted by Gasteiger charge is -2.15. The molecule has 0 fully saturated rings. The number of hydrogen-bond acceptors (Lipinski definition) is 2. The van der Waals surface area contributed by atoms with E-state index in [9.17, 15) is 13.2 Å². The quantitative estimate of drug-likeness (QED) is 0.850. The van der Waals surface area contributed by atoms with Crippen LogP contribution in [0.5, 0.6) is 5.75 Å². The minimum absolute atomic E-state index is 0.266. The lowest BCUT2D eigenvalue weighted by Crippen LogP contribution is -2.22. The van der Waals surface area contributed by atoms with Crippen molar-refractivity contribution in [2.45, 2.75) is 39.0 Å². The highest BCUT2D eigenvalue weighted by Gasteiger charge is 2.27. The topological polar surface area (TPSA) is 21.3 Å². The van der Waals surface area contributed by atoms with E-state index in [4.69, 9.17) is 16.3 Å². The van der Waals surface area contributed by atoms with Gasteiger partial charge in [0.1, 0.15) is 5.75 Å². The van der Waals surface area contributed by atoms with Gasteiger partial charge in [0.2, 0.25) is 0 Å². The molecule has 0 atom stereocenters. The van der Waals surface area contributed by atoms with Crippen LogP contribution in [0.25, 0.3) is 0 Å². The van der Waals surface area contributed by atoms with Crippen molar-refractivity contribution < 1.29 is 17.9 Å². The minimum atomic E-state index is -4.22. The highest BCUT2D eigenvalue weighted by molar-refractivity contribution is 6.32. The van der Waals surface area contributed by atoms with Crippen LogP contribution >= 0.6 is 11.6 Å². The monoisotopic (exact) mass is 295 g/mol. The molecule has 0 heterocycles. The molecule has 0 saturated heterocycles. The van der Waals surface area contributed by atoms with Gasteiger partial charge in [0.15, 0.2) is 0 Å². The third-order valence-electron chi connectivity index (χ3n) is 2.38. The van der Waals surface area contributed by atoms with Gasteiger partial charge in [0, 0.05) is 18.2 Å². The van der Waals surface area contributed by atoms with Crippen molar-refractivity contribution in [3.63, 3.8) is 0 Å². The maximum Gasteiger partial charge on any atom is 0.392 e. The van der Waals surface area contributed by atoms with Crippen LogP contribution in [0, 0.1) is 0 Å². The Hall–Kier alpha value is -0.940. The number of ether oxygens (including phenoxy) is 1. The minimum Gasteiger partial charge on any atom is -0.491 e. The first kappa shape index (κ1) is 16.1. The molecule has 1 aromatic carbocycles. The van der Waals surface area contributed by atoms with Gasteiger partial charge in [-0.25, -0.2) is 0 Å². The summed E-state index contributed by atoms with van der Waals surface area (Å²) in [4.78, 5) is 0. The summed E-state index contributed by atoms with van der Waals surface area (Å²) in [7, 11) is 0. The van der Waals surface area contributed by atoms with Gasteiger partial charge >= 0.3 is 6.18 Å². The summed E-state index contributed by atoms with van der Waals surface area (Å²) in [6, 6.07) is 5.39. The molecule has 108 valence electrons. The molecular weight excluding hydrogens is 279 g/mol. The Morgan fingerprint density at radius 3 is 2.58 bits per heavy atom. The maximum atomic E-state index is 12.1. The molecule has 0 aliphatic heterocycles. The summed E-state index contributed by atoms with van der Waals surface area (Å²) >= 11 is 5.96.